The van der Waals surface area contributed by atoms with Crippen LogP contribution >= 0.6 is 0 Å². The van der Waals surface area contributed by atoms with Crippen LogP contribution in [0.3, 0.4) is 0 Å². The summed E-state index contributed by atoms with van der Waals surface area (Å²) in [7, 11) is 1.87. The fourth-order valence-corrected chi connectivity index (χ4v) is 4.47. The fraction of sp³-hybridized carbons (Fsp3) is 0.571. The predicted molar refractivity (Wildman–Crippen MR) is 104 cm³/mol. The molecule has 2 fully saturated rings. The number of aromatic nitrogens is 1. The van der Waals surface area contributed by atoms with Gasteiger partial charge in [0, 0.05) is 50.6 Å². The van der Waals surface area contributed by atoms with Crippen LogP contribution in [-0.4, -0.2) is 59.4 Å². The van der Waals surface area contributed by atoms with E-state index in [-0.39, 0.29) is 24.2 Å². The smallest absolute Gasteiger partial charge is 0.370 e. The molecule has 158 valence electrons. The number of fused-ring (bicyclic) bond motifs is 1. The molecule has 0 bridgehead atoms. The largest absolute Gasteiger partial charge is 0.390 e. The second-order valence-electron chi connectivity index (χ2n) is 8.19. The van der Waals surface area contributed by atoms with Gasteiger partial charge in [-0.15, -0.1) is 0 Å². The van der Waals surface area contributed by atoms with E-state index in [1.807, 2.05) is 46.8 Å². The zero-order chi connectivity index (χ0) is 20.6. The van der Waals surface area contributed by atoms with Crippen LogP contribution in [0.1, 0.15) is 36.2 Å². The highest BCUT2D eigenvalue weighted by molar-refractivity contribution is 5.98. The quantitative estimate of drug-likeness (QED) is 0.823. The normalized spacial score (nSPS) is 22.0. The Kier molecular flexibility index (Phi) is 5.33. The van der Waals surface area contributed by atoms with Crippen molar-refractivity contribution in [2.75, 3.05) is 26.2 Å². The number of hydrogen-bond donors (Lipinski definition) is 1. The lowest BCUT2D eigenvalue weighted by molar-refractivity contribution is -0.223. The summed E-state index contributed by atoms with van der Waals surface area (Å²) in [5, 5.41) is 3.97. The Morgan fingerprint density at radius 3 is 2.62 bits per heavy atom. The fourth-order valence-electron chi connectivity index (χ4n) is 4.47. The molecule has 2 saturated heterocycles. The van der Waals surface area contributed by atoms with Crippen LogP contribution in [0.25, 0.3) is 10.9 Å². The molecule has 0 unspecified atom stereocenters. The number of ether oxygens (including phenoxy) is 1. The maximum absolute atomic E-state index is 12.6. The minimum atomic E-state index is -4.10. The highest BCUT2D eigenvalue weighted by Gasteiger charge is 2.47. The third kappa shape index (κ3) is 4.43. The molecule has 1 atom stereocenters. The molecular formula is C21H26F3N3O2. The van der Waals surface area contributed by atoms with E-state index >= 15 is 0 Å². The number of carbonyl (C=O) groups is 1. The van der Waals surface area contributed by atoms with Crippen molar-refractivity contribution in [3.8, 4) is 0 Å². The minimum absolute atomic E-state index is 0.0321. The Labute approximate surface area is 167 Å². The number of alkyl halides is 3. The maximum Gasteiger partial charge on any atom is 0.390 e. The van der Waals surface area contributed by atoms with Crippen LogP contribution in [0.15, 0.2) is 30.3 Å². The molecule has 4 rings (SSSR count). The van der Waals surface area contributed by atoms with Crippen LogP contribution < -0.4 is 5.32 Å². The highest BCUT2D eigenvalue weighted by Crippen LogP contribution is 2.41. The molecule has 1 N–H and O–H groups in total. The minimum Gasteiger partial charge on any atom is -0.370 e. The summed E-state index contributed by atoms with van der Waals surface area (Å²) in [6.45, 7) is 1.76. The number of nitrogens with one attached hydrogen (secondary N) is 1. The van der Waals surface area contributed by atoms with E-state index in [9.17, 15) is 18.0 Å². The molecule has 5 nitrogen and oxygen atoms in total. The van der Waals surface area contributed by atoms with Gasteiger partial charge in [-0.05, 0) is 25.0 Å². The van der Waals surface area contributed by atoms with Gasteiger partial charge in [-0.2, -0.15) is 13.2 Å². The van der Waals surface area contributed by atoms with Crippen LogP contribution in [0.4, 0.5) is 13.2 Å². The van der Waals surface area contributed by atoms with Gasteiger partial charge in [-0.25, -0.2) is 0 Å². The van der Waals surface area contributed by atoms with Crippen LogP contribution in [-0.2, 0) is 11.8 Å². The zero-order valence-electron chi connectivity index (χ0n) is 16.5. The van der Waals surface area contributed by atoms with Crippen LogP contribution in [0, 0.1) is 0 Å². The topological polar surface area (TPSA) is 46.5 Å². The number of nitrogens with zero attached hydrogens (tertiary/aromatic N) is 2. The lowest BCUT2D eigenvalue weighted by atomic mass is 9.80. The molecule has 1 aromatic heterocycles. The first-order valence-corrected chi connectivity index (χ1v) is 10.0. The second-order valence-corrected chi connectivity index (χ2v) is 8.19. The Bertz CT molecular complexity index is 877. The molecule has 1 spiro atoms. The van der Waals surface area contributed by atoms with E-state index in [0.717, 1.165) is 30.2 Å². The molecule has 1 amide bonds. The first-order chi connectivity index (χ1) is 13.7. The average Bonchev–Trinajstić information content (AvgIpc) is 3.00. The monoisotopic (exact) mass is 409 g/mol. The number of rotatable bonds is 5. The Balaban J connectivity index is 1.22. The van der Waals surface area contributed by atoms with Crippen molar-refractivity contribution in [3.05, 3.63) is 36.0 Å². The van der Waals surface area contributed by atoms with E-state index in [0.29, 0.717) is 25.3 Å². The van der Waals surface area contributed by atoms with Gasteiger partial charge in [-0.3, -0.25) is 4.79 Å². The SMILES string of the molecule is Cn1c(C(=O)NC[C@H]2CC3(CCN(CCC(F)(F)F)CC3)O2)cc2ccccc21. The van der Waals surface area contributed by atoms with Crippen molar-refractivity contribution in [2.24, 2.45) is 7.05 Å². The highest BCUT2D eigenvalue weighted by atomic mass is 19.4. The Morgan fingerprint density at radius 1 is 1.28 bits per heavy atom. The predicted octanol–water partition coefficient (Wildman–Crippen LogP) is 3.48. The molecular weight excluding hydrogens is 383 g/mol. The molecule has 0 saturated carbocycles. The number of carbonyl (C=O) groups excluding carboxylic acids is 1. The summed E-state index contributed by atoms with van der Waals surface area (Å²) in [5.41, 5.74) is 1.40. The summed E-state index contributed by atoms with van der Waals surface area (Å²) < 4.78 is 45.0. The van der Waals surface area contributed by atoms with Gasteiger partial charge in [0.25, 0.3) is 5.91 Å². The van der Waals surface area contributed by atoms with Crippen molar-refractivity contribution in [2.45, 2.75) is 43.6 Å². The number of likely N-dealkylation sites (tertiary alicyclic amines) is 1. The summed E-state index contributed by atoms with van der Waals surface area (Å²) in [6.07, 6.45) is -2.55. The number of piperidine rings is 1. The van der Waals surface area contributed by atoms with E-state index in [2.05, 4.69) is 5.32 Å². The average molecular weight is 409 g/mol. The lowest BCUT2D eigenvalue weighted by Crippen LogP contribution is -2.59. The van der Waals surface area contributed by atoms with Crippen molar-refractivity contribution >= 4 is 16.8 Å². The van der Waals surface area contributed by atoms with Crippen molar-refractivity contribution in [1.82, 2.24) is 14.8 Å². The third-order valence-corrected chi connectivity index (χ3v) is 6.17. The molecule has 3 heterocycles. The second kappa shape index (κ2) is 7.65. The van der Waals surface area contributed by atoms with Crippen molar-refractivity contribution in [1.29, 1.82) is 0 Å². The van der Waals surface area contributed by atoms with Gasteiger partial charge < -0.3 is 19.5 Å². The lowest BCUT2D eigenvalue weighted by Gasteiger charge is -2.52. The number of halogens is 3. The number of para-hydroxylation sites is 1. The van der Waals surface area contributed by atoms with Gasteiger partial charge in [-0.1, -0.05) is 18.2 Å². The number of hydrogen-bond acceptors (Lipinski definition) is 3. The molecule has 0 radical (unpaired) electrons. The van der Waals surface area contributed by atoms with E-state index in [4.69, 9.17) is 4.74 Å². The van der Waals surface area contributed by atoms with E-state index in [1.165, 1.54) is 0 Å². The standard InChI is InChI=1S/C21H26F3N3O2/c1-26-17-5-3-2-4-15(17)12-18(26)19(28)25-14-16-13-20(29-16)6-9-27(10-7-20)11-8-21(22,23)24/h2-5,12,16H,6-11,13-14H2,1H3,(H,25,28)/t16-/m1/s1. The van der Waals surface area contributed by atoms with Crippen molar-refractivity contribution < 1.29 is 22.7 Å². The molecule has 2 aromatic rings. The van der Waals surface area contributed by atoms with Gasteiger partial charge in [0.05, 0.1) is 18.1 Å². The van der Waals surface area contributed by atoms with Gasteiger partial charge in [0.15, 0.2) is 0 Å². The molecule has 29 heavy (non-hydrogen) atoms. The number of aryl methyl sites for hydroxylation is 1. The molecule has 2 aliphatic heterocycles. The Morgan fingerprint density at radius 2 is 1.97 bits per heavy atom. The number of benzene rings is 1. The van der Waals surface area contributed by atoms with Gasteiger partial charge in [0.1, 0.15) is 5.69 Å². The number of amides is 1. The maximum atomic E-state index is 12.6. The Hall–Kier alpha value is -2.06. The van der Waals surface area contributed by atoms with Crippen molar-refractivity contribution in [3.63, 3.8) is 0 Å². The first-order valence-electron chi connectivity index (χ1n) is 10.0. The van der Waals surface area contributed by atoms with Crippen LogP contribution in [0.2, 0.25) is 0 Å². The molecule has 2 aliphatic rings. The molecule has 8 heteroatoms. The third-order valence-electron chi connectivity index (χ3n) is 6.17. The van der Waals surface area contributed by atoms with Gasteiger partial charge >= 0.3 is 6.18 Å². The molecule has 0 aliphatic carbocycles. The summed E-state index contributed by atoms with van der Waals surface area (Å²) in [5.74, 6) is -0.129. The van der Waals surface area contributed by atoms with Gasteiger partial charge in [0.2, 0.25) is 0 Å². The van der Waals surface area contributed by atoms with E-state index in [1.54, 1.807) is 0 Å². The first kappa shape index (κ1) is 20.2. The zero-order valence-corrected chi connectivity index (χ0v) is 16.5. The van der Waals surface area contributed by atoms with Crippen LogP contribution in [0.5, 0.6) is 0 Å². The van der Waals surface area contributed by atoms with E-state index < -0.39 is 12.6 Å². The summed E-state index contributed by atoms with van der Waals surface area (Å²) >= 11 is 0. The molecule has 1 aromatic carbocycles. The summed E-state index contributed by atoms with van der Waals surface area (Å²) in [4.78, 5) is 14.4. The summed E-state index contributed by atoms with van der Waals surface area (Å²) in [6, 6.07) is 9.72.